The molecule has 2 aromatic rings. The van der Waals surface area contributed by atoms with E-state index >= 15 is 0 Å². The van der Waals surface area contributed by atoms with Crippen LogP contribution < -0.4 is 5.73 Å². The van der Waals surface area contributed by atoms with E-state index in [0.29, 0.717) is 24.5 Å². The third-order valence-electron chi connectivity index (χ3n) is 4.31. The topological polar surface area (TPSA) is 79.5 Å². The maximum Gasteiger partial charge on any atom is 0.254 e. The second-order valence-electron chi connectivity index (χ2n) is 6.05. The number of piperazine rings is 1. The Morgan fingerprint density at radius 3 is 2.71 bits per heavy atom. The van der Waals surface area contributed by atoms with E-state index in [9.17, 15) is 9.59 Å². The number of benzene rings is 1. The van der Waals surface area contributed by atoms with E-state index in [1.54, 1.807) is 29.1 Å². The fourth-order valence-electron chi connectivity index (χ4n) is 2.69. The number of hydrogen-bond donors (Lipinski definition) is 1. The molecule has 1 aromatic carbocycles. The molecular formula is C18H20N4O2. The first-order valence-corrected chi connectivity index (χ1v) is 7.81. The van der Waals surface area contributed by atoms with Crippen LogP contribution in [0.25, 0.3) is 11.1 Å². The standard InChI is InChI=1S/C18H20N4O2/c1-12-8-15(10-20-17(12)19)13-4-3-5-14(9-13)18(24)22-7-6-21(2)16(23)11-22/h3-5,8-10H,6-7,11H2,1-2H3,(H2,19,20). The largest absolute Gasteiger partial charge is 0.383 e. The van der Waals surface area contributed by atoms with Crippen LogP contribution in [-0.4, -0.2) is 53.3 Å². The van der Waals surface area contributed by atoms with Crippen LogP contribution >= 0.6 is 0 Å². The molecule has 0 bridgehead atoms. The summed E-state index contributed by atoms with van der Waals surface area (Å²) in [6, 6.07) is 9.32. The molecule has 3 rings (SSSR count). The van der Waals surface area contributed by atoms with Gasteiger partial charge in [0.2, 0.25) is 5.91 Å². The average molecular weight is 324 g/mol. The molecule has 0 unspecified atom stereocenters. The Kier molecular flexibility index (Phi) is 4.20. The lowest BCUT2D eigenvalue weighted by Crippen LogP contribution is -2.50. The summed E-state index contributed by atoms with van der Waals surface area (Å²) < 4.78 is 0. The highest BCUT2D eigenvalue weighted by atomic mass is 16.2. The van der Waals surface area contributed by atoms with Crippen LogP contribution in [0.15, 0.2) is 36.5 Å². The fraction of sp³-hybridized carbons (Fsp3) is 0.278. The molecule has 2 heterocycles. The van der Waals surface area contributed by atoms with Crippen molar-refractivity contribution >= 4 is 17.6 Å². The zero-order valence-electron chi connectivity index (χ0n) is 13.8. The Bertz CT molecular complexity index is 803. The lowest BCUT2D eigenvalue weighted by molar-refractivity contribution is -0.133. The van der Waals surface area contributed by atoms with Gasteiger partial charge in [0.15, 0.2) is 0 Å². The van der Waals surface area contributed by atoms with Gasteiger partial charge >= 0.3 is 0 Å². The highest BCUT2D eigenvalue weighted by molar-refractivity contribution is 5.98. The van der Waals surface area contributed by atoms with Crippen LogP contribution in [0.5, 0.6) is 0 Å². The number of aryl methyl sites for hydroxylation is 1. The number of carbonyl (C=O) groups is 2. The summed E-state index contributed by atoms with van der Waals surface area (Å²) >= 11 is 0. The highest BCUT2D eigenvalue weighted by Gasteiger charge is 2.25. The van der Waals surface area contributed by atoms with Crippen molar-refractivity contribution in [3.8, 4) is 11.1 Å². The van der Waals surface area contributed by atoms with E-state index in [1.165, 1.54) is 0 Å². The number of amides is 2. The van der Waals surface area contributed by atoms with Crippen molar-refractivity contribution in [2.75, 3.05) is 32.4 Å². The number of nitrogens with two attached hydrogens (primary N) is 1. The second-order valence-corrected chi connectivity index (χ2v) is 6.05. The molecule has 2 N–H and O–H groups in total. The molecular weight excluding hydrogens is 304 g/mol. The third kappa shape index (κ3) is 3.08. The van der Waals surface area contributed by atoms with Gasteiger partial charge in [-0.1, -0.05) is 12.1 Å². The zero-order chi connectivity index (χ0) is 17.3. The van der Waals surface area contributed by atoms with Gasteiger partial charge in [-0.25, -0.2) is 4.98 Å². The zero-order valence-corrected chi connectivity index (χ0v) is 13.8. The van der Waals surface area contributed by atoms with Crippen molar-refractivity contribution in [3.63, 3.8) is 0 Å². The van der Waals surface area contributed by atoms with E-state index in [-0.39, 0.29) is 18.4 Å². The van der Waals surface area contributed by atoms with E-state index in [1.807, 2.05) is 31.2 Å². The summed E-state index contributed by atoms with van der Waals surface area (Å²) in [5.74, 6) is 0.337. The van der Waals surface area contributed by atoms with Gasteiger partial charge < -0.3 is 15.5 Å². The minimum atomic E-state index is -0.126. The van der Waals surface area contributed by atoms with E-state index < -0.39 is 0 Å². The molecule has 0 atom stereocenters. The second kappa shape index (κ2) is 6.31. The van der Waals surface area contributed by atoms with Crippen LogP contribution in [0, 0.1) is 6.92 Å². The first-order valence-electron chi connectivity index (χ1n) is 7.81. The predicted octanol–water partition coefficient (Wildman–Crippen LogP) is 1.55. The molecule has 1 aliphatic heterocycles. The number of hydrogen-bond acceptors (Lipinski definition) is 4. The monoisotopic (exact) mass is 324 g/mol. The molecule has 124 valence electrons. The summed E-state index contributed by atoms with van der Waals surface area (Å²) in [5.41, 5.74) is 9.03. The van der Waals surface area contributed by atoms with Gasteiger partial charge in [-0.05, 0) is 36.2 Å². The summed E-state index contributed by atoms with van der Waals surface area (Å²) in [6.45, 7) is 3.14. The van der Waals surface area contributed by atoms with Crippen LogP contribution in [-0.2, 0) is 4.79 Å². The predicted molar refractivity (Wildman–Crippen MR) is 92.4 cm³/mol. The van der Waals surface area contributed by atoms with Crippen LogP contribution in [0.1, 0.15) is 15.9 Å². The minimum Gasteiger partial charge on any atom is -0.383 e. The van der Waals surface area contributed by atoms with Crippen LogP contribution in [0.3, 0.4) is 0 Å². The number of pyridine rings is 1. The van der Waals surface area contributed by atoms with Gasteiger partial charge in [-0.3, -0.25) is 9.59 Å². The van der Waals surface area contributed by atoms with E-state index in [2.05, 4.69) is 4.98 Å². The Morgan fingerprint density at radius 2 is 2.00 bits per heavy atom. The average Bonchev–Trinajstić information content (AvgIpc) is 2.59. The quantitative estimate of drug-likeness (QED) is 0.909. The number of aromatic nitrogens is 1. The molecule has 0 saturated carbocycles. The van der Waals surface area contributed by atoms with E-state index in [4.69, 9.17) is 5.73 Å². The van der Waals surface area contributed by atoms with Crippen LogP contribution in [0.2, 0.25) is 0 Å². The first-order chi connectivity index (χ1) is 11.5. The molecule has 1 fully saturated rings. The lowest BCUT2D eigenvalue weighted by Gasteiger charge is -2.32. The van der Waals surface area contributed by atoms with Crippen molar-refractivity contribution in [2.24, 2.45) is 0 Å². The number of carbonyl (C=O) groups excluding carboxylic acids is 2. The molecule has 6 nitrogen and oxygen atoms in total. The summed E-state index contributed by atoms with van der Waals surface area (Å²) in [7, 11) is 1.75. The molecule has 2 amide bonds. The lowest BCUT2D eigenvalue weighted by atomic mass is 10.0. The molecule has 0 radical (unpaired) electrons. The van der Waals surface area contributed by atoms with Crippen LogP contribution in [0.4, 0.5) is 5.82 Å². The SMILES string of the molecule is Cc1cc(-c2cccc(C(=O)N3CCN(C)C(=O)C3)c2)cnc1N. The first kappa shape index (κ1) is 16.0. The summed E-state index contributed by atoms with van der Waals surface area (Å²) in [4.78, 5) is 31.9. The van der Waals surface area contributed by atoms with Gasteiger partial charge in [-0.15, -0.1) is 0 Å². The van der Waals surface area contributed by atoms with Gasteiger partial charge in [0.1, 0.15) is 12.4 Å². The summed E-state index contributed by atoms with van der Waals surface area (Å²) in [6.07, 6.45) is 1.70. The van der Waals surface area contributed by atoms with E-state index in [0.717, 1.165) is 16.7 Å². The summed E-state index contributed by atoms with van der Waals surface area (Å²) in [5, 5.41) is 0. The fourth-order valence-corrected chi connectivity index (χ4v) is 2.69. The van der Waals surface area contributed by atoms with Crippen molar-refractivity contribution in [3.05, 3.63) is 47.7 Å². The molecule has 0 aliphatic carbocycles. The van der Waals surface area contributed by atoms with Crippen molar-refractivity contribution in [2.45, 2.75) is 6.92 Å². The van der Waals surface area contributed by atoms with Gasteiger partial charge in [-0.2, -0.15) is 0 Å². The minimum absolute atomic E-state index is 0.0379. The maximum atomic E-state index is 12.7. The van der Waals surface area contributed by atoms with Crippen molar-refractivity contribution in [1.29, 1.82) is 0 Å². The normalized spacial score (nSPS) is 14.8. The molecule has 6 heteroatoms. The smallest absolute Gasteiger partial charge is 0.254 e. The third-order valence-corrected chi connectivity index (χ3v) is 4.31. The van der Waals surface area contributed by atoms with Crippen molar-refractivity contribution in [1.82, 2.24) is 14.8 Å². The Labute approximate surface area is 140 Å². The number of likely N-dealkylation sites (N-methyl/N-ethyl adjacent to an activating group) is 1. The van der Waals surface area contributed by atoms with Gasteiger partial charge in [0.25, 0.3) is 5.91 Å². The van der Waals surface area contributed by atoms with Gasteiger partial charge in [0.05, 0.1) is 0 Å². The molecule has 1 saturated heterocycles. The number of nitrogens with zero attached hydrogens (tertiary/aromatic N) is 3. The Balaban J connectivity index is 1.86. The molecule has 1 aliphatic rings. The Morgan fingerprint density at radius 1 is 1.21 bits per heavy atom. The number of nitrogen functional groups attached to an aromatic ring is 1. The molecule has 1 aromatic heterocycles. The molecule has 24 heavy (non-hydrogen) atoms. The van der Waals surface area contributed by atoms with Crippen molar-refractivity contribution < 1.29 is 9.59 Å². The number of anilines is 1. The highest BCUT2D eigenvalue weighted by Crippen LogP contribution is 2.23. The maximum absolute atomic E-state index is 12.7. The van der Waals surface area contributed by atoms with Gasteiger partial charge in [0, 0.05) is 37.5 Å². The Hall–Kier alpha value is -2.89. The number of rotatable bonds is 2. The molecule has 0 spiro atoms.